The fraction of sp³-hybridized carbons (Fsp3) is 0.153. The van der Waals surface area contributed by atoms with Gasteiger partial charge in [-0.15, -0.1) is 12.0 Å². The van der Waals surface area contributed by atoms with Crippen molar-refractivity contribution in [2.24, 2.45) is 0 Å². The summed E-state index contributed by atoms with van der Waals surface area (Å²) in [5.41, 5.74) is 13.3. The van der Waals surface area contributed by atoms with Gasteiger partial charge >= 0.3 is 0 Å². The first-order chi connectivity index (χ1) is 46.0. The number of pyridine rings is 3. The number of halogens is 5. The minimum absolute atomic E-state index is 0.192. The van der Waals surface area contributed by atoms with Crippen molar-refractivity contribution in [3.63, 3.8) is 0 Å². The number of nitrogens with one attached hydrogen (secondary N) is 3. The molecule has 16 nitrogen and oxygen atoms in total. The van der Waals surface area contributed by atoms with E-state index in [1.807, 2.05) is 54.6 Å². The van der Waals surface area contributed by atoms with E-state index in [0.29, 0.717) is 53.1 Å². The molecule has 12 aromatic rings. The van der Waals surface area contributed by atoms with Crippen LogP contribution in [0.15, 0.2) is 206 Å². The third-order valence-corrected chi connectivity index (χ3v) is 15.5. The van der Waals surface area contributed by atoms with E-state index in [1.54, 1.807) is 124 Å². The van der Waals surface area contributed by atoms with Gasteiger partial charge in [0.2, 0.25) is 0 Å². The van der Waals surface area contributed by atoms with E-state index in [2.05, 4.69) is 99.2 Å². The molecular formula is C72H63BrF4N12O4Si. The van der Waals surface area contributed by atoms with Gasteiger partial charge in [0.1, 0.15) is 41.5 Å². The number of rotatable bonds is 12. The lowest BCUT2D eigenvalue weighted by Crippen LogP contribution is -2.23. The molecule has 7 heterocycles. The van der Waals surface area contributed by atoms with E-state index >= 15 is 0 Å². The lowest BCUT2D eigenvalue weighted by atomic mass is 10.1. The summed E-state index contributed by atoms with van der Waals surface area (Å²) in [6.45, 7) is 9.63. The molecule has 0 saturated carbocycles. The highest BCUT2D eigenvalue weighted by atomic mass is 79.9. The molecule has 1 saturated heterocycles. The average Bonchev–Trinajstić information content (AvgIpc) is 1.68. The Labute approximate surface area is 551 Å². The van der Waals surface area contributed by atoms with E-state index in [4.69, 9.17) is 12.5 Å². The number of benzene rings is 6. The summed E-state index contributed by atoms with van der Waals surface area (Å²) in [4.78, 5) is 50.9. The molecule has 94 heavy (non-hydrogen) atoms. The number of hydrogen-bond donors (Lipinski definition) is 3. The van der Waals surface area contributed by atoms with Gasteiger partial charge in [-0.25, -0.2) is 42.2 Å². The molecule has 0 aliphatic carbocycles. The number of amides is 3. The zero-order valence-electron chi connectivity index (χ0n) is 52.3. The van der Waals surface area contributed by atoms with Gasteiger partial charge in [0.15, 0.2) is 0 Å². The molecule has 6 aromatic heterocycles. The van der Waals surface area contributed by atoms with Gasteiger partial charge in [-0.05, 0) is 173 Å². The Morgan fingerprint density at radius 1 is 0.521 bits per heavy atom. The largest absolute Gasteiger partial charge is 0.381 e. The fourth-order valence-electron chi connectivity index (χ4n) is 9.43. The van der Waals surface area contributed by atoms with Crippen molar-refractivity contribution >= 4 is 74.4 Å². The summed E-state index contributed by atoms with van der Waals surface area (Å²) in [5.74, 6) is 4.04. The maximum Gasteiger partial charge on any atom is 0.252 e. The number of aromatic nitrogens is 9. The SMILES string of the molecule is C#Cc1ccc(CNC(=O)c2cccc3c2cnn3-c2ccc(F)cc2)cn1.C1CCOC1.C[Si](C)(C)C#Cc1ccc(CNC(=O)c2cccc3c2cnn3-c2ccc(F)cc2)cn1.O=C(NCc1ccc(Br)nc1)c1cccc2c1cnn2-c1ccc(F)cc1.[2H]CF. The van der Waals surface area contributed by atoms with Crippen molar-refractivity contribution in [1.82, 2.24) is 60.2 Å². The first-order valence-electron chi connectivity index (χ1n) is 30.2. The first kappa shape index (κ1) is 66.0. The second-order valence-corrected chi connectivity index (χ2v) is 27.5. The molecular weight excluding hydrogens is 1280 g/mol. The predicted molar refractivity (Wildman–Crippen MR) is 362 cm³/mol. The summed E-state index contributed by atoms with van der Waals surface area (Å²) in [6.07, 6.45) is 17.9. The highest BCUT2D eigenvalue weighted by Gasteiger charge is 2.18. The van der Waals surface area contributed by atoms with Crippen LogP contribution in [0, 0.1) is 41.3 Å². The molecule has 22 heteroatoms. The van der Waals surface area contributed by atoms with E-state index in [0.717, 1.165) is 78.9 Å². The molecule has 3 N–H and O–H groups in total. The van der Waals surface area contributed by atoms with Crippen molar-refractivity contribution in [2.75, 3.05) is 20.4 Å². The van der Waals surface area contributed by atoms with Crippen LogP contribution in [0.5, 0.6) is 0 Å². The zero-order chi connectivity index (χ0) is 67.3. The van der Waals surface area contributed by atoms with E-state index < -0.39 is 15.2 Å². The highest BCUT2D eigenvalue weighted by Crippen LogP contribution is 2.26. The Morgan fingerprint density at radius 2 is 0.872 bits per heavy atom. The first-order valence-corrected chi connectivity index (χ1v) is 33.7. The molecule has 13 rings (SSSR count). The second kappa shape index (κ2) is 32.4. The topological polar surface area (TPSA) is 189 Å². The monoisotopic (exact) mass is 1340 g/mol. The van der Waals surface area contributed by atoms with Crippen LogP contribution < -0.4 is 16.0 Å². The third kappa shape index (κ3) is 18.0. The number of terminal acetylenes is 1. The van der Waals surface area contributed by atoms with Crippen LogP contribution in [0.3, 0.4) is 0 Å². The number of alkyl halides is 1. The van der Waals surface area contributed by atoms with E-state index in [9.17, 15) is 31.9 Å². The molecule has 0 atom stereocenters. The van der Waals surface area contributed by atoms with Gasteiger partial charge in [0, 0.05) is 67.6 Å². The molecule has 1 fully saturated rings. The lowest BCUT2D eigenvalue weighted by Gasteiger charge is -2.08. The number of fused-ring (bicyclic) bond motifs is 3. The molecule has 0 radical (unpaired) electrons. The molecule has 1 aliphatic rings. The summed E-state index contributed by atoms with van der Waals surface area (Å²) in [6, 6.07) is 45.5. The number of carbonyl (C=O) groups excluding carboxylic acids is 3. The van der Waals surface area contributed by atoms with Crippen LogP contribution in [-0.4, -0.2) is 90.5 Å². The molecule has 474 valence electrons. The number of nitrogens with zero attached hydrogens (tertiary/aromatic N) is 9. The standard InChI is InChI=1S/C25H23FN4OSi.C22H15FN4O.C20H14BrFN4O.C4H8O.CH3F/c1-32(2,3)14-13-20-10-7-18(15-27-20)16-28-25(31)22-5-4-6-24-23(22)17-29-30(24)21-11-8-19(26)9-12-21;1-2-17-9-6-15(12-24-17)13-25-22(28)19-4-3-5-21-20(19)14-26-27(21)18-10-7-16(23)8-11-18;21-19-9-4-13(10-23-19)11-24-20(27)16-2-1-3-18-17(16)12-25-26(18)15-7-5-14(22)6-8-15;1-2-4-5-3-1;1-2/h4-12,15,17H,16H2,1-3H3,(H,28,31);1,3-12,14H,13H2,(H,25,28);1-10,12H,11H2,(H,24,27);1-4H2;1H3/i;;;;1D. The van der Waals surface area contributed by atoms with Crippen LogP contribution in [-0.2, 0) is 24.4 Å². The van der Waals surface area contributed by atoms with Gasteiger partial charge in [-0.2, -0.15) is 15.3 Å². The molecule has 1 aliphatic heterocycles. The fourth-order valence-corrected chi connectivity index (χ4v) is 10.2. The highest BCUT2D eigenvalue weighted by molar-refractivity contribution is 9.10. The van der Waals surface area contributed by atoms with Gasteiger partial charge < -0.3 is 20.7 Å². The molecule has 0 bridgehead atoms. The lowest BCUT2D eigenvalue weighted by molar-refractivity contribution is 0.0944. The van der Waals surface area contributed by atoms with Gasteiger partial charge in [-0.1, -0.05) is 67.9 Å². The van der Waals surface area contributed by atoms with Crippen LogP contribution in [0.4, 0.5) is 17.6 Å². The van der Waals surface area contributed by atoms with Crippen molar-refractivity contribution in [3.8, 4) is 40.9 Å². The number of ether oxygens (including phenoxy) is 1. The average molecular weight is 1350 g/mol. The second-order valence-electron chi connectivity index (χ2n) is 21.9. The number of hydrogen-bond acceptors (Lipinski definition) is 10. The molecule has 0 unspecified atom stereocenters. The maximum atomic E-state index is 13.3. The van der Waals surface area contributed by atoms with Crippen molar-refractivity contribution in [1.29, 1.82) is 0 Å². The summed E-state index contributed by atoms with van der Waals surface area (Å²) < 4.78 is 65.8. The van der Waals surface area contributed by atoms with Crippen molar-refractivity contribution in [3.05, 3.63) is 268 Å². The Bertz CT molecular complexity index is 4670. The molecule has 6 aromatic carbocycles. The van der Waals surface area contributed by atoms with Crippen LogP contribution in [0.25, 0.3) is 49.8 Å². The Balaban J connectivity index is 0.000000158. The van der Waals surface area contributed by atoms with E-state index in [-0.39, 0.29) is 35.2 Å². The normalized spacial score (nSPS) is 11.5. The number of carbonyl (C=O) groups is 3. The maximum absolute atomic E-state index is 13.3. The van der Waals surface area contributed by atoms with Gasteiger partial charge in [0.25, 0.3) is 17.7 Å². The van der Waals surface area contributed by atoms with Crippen molar-refractivity contribution < 1.29 is 38.1 Å². The minimum atomic E-state index is -1.45. The predicted octanol–water partition coefficient (Wildman–Crippen LogP) is 13.8. The van der Waals surface area contributed by atoms with Crippen LogP contribution in [0.2, 0.25) is 19.6 Å². The summed E-state index contributed by atoms with van der Waals surface area (Å²) >= 11 is 3.29. The zero-order valence-corrected chi connectivity index (χ0v) is 53.9. The smallest absolute Gasteiger partial charge is 0.252 e. The minimum Gasteiger partial charge on any atom is -0.381 e. The Kier molecular flexibility index (Phi) is 22.7. The van der Waals surface area contributed by atoms with Crippen molar-refractivity contribution in [2.45, 2.75) is 52.1 Å². The van der Waals surface area contributed by atoms with Crippen LogP contribution in [0.1, 0.15) is 73.4 Å². The van der Waals surface area contributed by atoms with E-state index in [1.165, 1.54) is 49.2 Å². The summed E-state index contributed by atoms with van der Waals surface area (Å²) in [5, 5.41) is 24.0. The molecule has 3 amide bonds. The quantitative estimate of drug-likeness (QED) is 0.0459. The molecule has 0 spiro atoms. The third-order valence-electron chi connectivity index (χ3n) is 14.1. The van der Waals surface area contributed by atoms with Crippen LogP contribution >= 0.6 is 15.9 Å². The summed E-state index contributed by atoms with van der Waals surface area (Å²) in [7, 11) is -2.45. The Hall–Kier alpha value is -10.9. The Morgan fingerprint density at radius 3 is 1.17 bits per heavy atom. The van der Waals surface area contributed by atoms with Gasteiger partial charge in [-0.3, -0.25) is 18.8 Å². The van der Waals surface area contributed by atoms with Gasteiger partial charge in [0.05, 0.1) is 77.4 Å².